The highest BCUT2D eigenvalue weighted by molar-refractivity contribution is 5.66. The Bertz CT molecular complexity index is 727. The molecule has 0 saturated heterocycles. The van der Waals surface area contributed by atoms with E-state index in [2.05, 4.69) is 40.7 Å². The van der Waals surface area contributed by atoms with Gasteiger partial charge < -0.3 is 4.74 Å². The average molecular weight is 428 g/mol. The Morgan fingerprint density at radius 2 is 1.77 bits per heavy atom. The molecular formula is C28H45NO2. The molecule has 3 heteroatoms. The summed E-state index contributed by atoms with van der Waals surface area (Å²) in [6, 6.07) is 2.44. The van der Waals surface area contributed by atoms with Gasteiger partial charge in [0.2, 0.25) is 0 Å². The average Bonchev–Trinajstić information content (AvgIpc) is 3.06. The number of fused-ring (bicyclic) bond motifs is 5. The van der Waals surface area contributed by atoms with Gasteiger partial charge in [-0.1, -0.05) is 41.0 Å². The zero-order valence-corrected chi connectivity index (χ0v) is 20.8. The molecule has 0 spiro atoms. The van der Waals surface area contributed by atoms with Crippen LogP contribution in [-0.4, -0.2) is 12.1 Å². The van der Waals surface area contributed by atoms with Gasteiger partial charge in [0.05, 0.1) is 6.07 Å². The molecule has 0 radical (unpaired) electrons. The van der Waals surface area contributed by atoms with Crippen LogP contribution < -0.4 is 0 Å². The van der Waals surface area contributed by atoms with Crippen molar-refractivity contribution in [3.05, 3.63) is 0 Å². The Hall–Kier alpha value is -1.04. The van der Waals surface area contributed by atoms with Gasteiger partial charge in [0.25, 0.3) is 0 Å². The zero-order valence-electron chi connectivity index (χ0n) is 20.8. The van der Waals surface area contributed by atoms with Crippen molar-refractivity contribution in [3.63, 3.8) is 0 Å². The summed E-state index contributed by atoms with van der Waals surface area (Å²) in [5.74, 6) is 4.80. The molecule has 0 bridgehead atoms. The molecule has 0 amide bonds. The van der Waals surface area contributed by atoms with Crippen LogP contribution in [0.3, 0.4) is 0 Å². The minimum Gasteiger partial charge on any atom is -0.462 e. The monoisotopic (exact) mass is 427 g/mol. The van der Waals surface area contributed by atoms with Crippen molar-refractivity contribution in [1.82, 2.24) is 0 Å². The van der Waals surface area contributed by atoms with Gasteiger partial charge >= 0.3 is 5.97 Å². The van der Waals surface area contributed by atoms with E-state index in [-0.39, 0.29) is 12.1 Å². The van der Waals surface area contributed by atoms with E-state index < -0.39 is 0 Å². The summed E-state index contributed by atoms with van der Waals surface area (Å²) >= 11 is 0. The Kier molecular flexibility index (Phi) is 6.26. The van der Waals surface area contributed by atoms with Gasteiger partial charge in [-0.25, -0.2) is 0 Å². The second-order valence-corrected chi connectivity index (χ2v) is 12.5. The minimum absolute atomic E-state index is 0.0884. The number of carbonyl (C=O) groups excluding carboxylic acids is 1. The fourth-order valence-corrected chi connectivity index (χ4v) is 9.76. The van der Waals surface area contributed by atoms with Crippen LogP contribution in [0.5, 0.6) is 0 Å². The highest BCUT2D eigenvalue weighted by atomic mass is 16.5. The molecule has 174 valence electrons. The highest BCUT2D eigenvalue weighted by Gasteiger charge is 2.65. The summed E-state index contributed by atoms with van der Waals surface area (Å²) in [7, 11) is 0. The Labute approximate surface area is 190 Å². The second-order valence-electron chi connectivity index (χ2n) is 12.5. The van der Waals surface area contributed by atoms with Crippen LogP contribution in [0.15, 0.2) is 0 Å². The predicted molar refractivity (Wildman–Crippen MR) is 124 cm³/mol. The molecule has 4 saturated carbocycles. The first kappa shape index (κ1) is 23.1. The minimum atomic E-state index is -0.0886. The van der Waals surface area contributed by atoms with E-state index in [9.17, 15) is 10.1 Å². The molecule has 0 unspecified atom stereocenters. The van der Waals surface area contributed by atoms with Crippen molar-refractivity contribution in [2.75, 3.05) is 0 Å². The van der Waals surface area contributed by atoms with Crippen molar-refractivity contribution in [1.29, 1.82) is 5.26 Å². The molecule has 0 aromatic carbocycles. The van der Waals surface area contributed by atoms with Crippen molar-refractivity contribution < 1.29 is 9.53 Å². The van der Waals surface area contributed by atoms with Crippen LogP contribution in [0.25, 0.3) is 0 Å². The standard InChI is InChI=1S/C28H45NO2/c1-7-20-24-16-17(2)10-13-28(24,6)23-11-14-27(5)21(18(3)12-15-29)8-9-22(27)25(23)26(20)31-19(4)30/h17-18,20-26H,7-14,16H2,1-6H3/t17-,18-,20-,21-,22+,23+,24+,25+,26-,27-,28-/m1/s1. The Morgan fingerprint density at radius 1 is 1.10 bits per heavy atom. The van der Waals surface area contributed by atoms with E-state index in [1.807, 2.05) is 0 Å². The zero-order chi connectivity index (χ0) is 22.6. The van der Waals surface area contributed by atoms with Crippen LogP contribution in [0, 0.1) is 69.5 Å². The molecule has 3 nitrogen and oxygen atoms in total. The van der Waals surface area contributed by atoms with Crippen molar-refractivity contribution in [2.45, 2.75) is 105 Å². The van der Waals surface area contributed by atoms with Crippen molar-refractivity contribution >= 4 is 5.97 Å². The lowest BCUT2D eigenvalue weighted by molar-refractivity contribution is -0.213. The number of hydrogen-bond donors (Lipinski definition) is 0. The third kappa shape index (κ3) is 3.55. The molecule has 11 atom stereocenters. The lowest BCUT2D eigenvalue weighted by atomic mass is 9.41. The van der Waals surface area contributed by atoms with Crippen LogP contribution >= 0.6 is 0 Å². The lowest BCUT2D eigenvalue weighted by Gasteiger charge is -2.65. The van der Waals surface area contributed by atoms with Crippen molar-refractivity contribution in [3.8, 4) is 6.07 Å². The molecule has 4 rings (SSSR count). The maximum absolute atomic E-state index is 12.3. The fourth-order valence-electron chi connectivity index (χ4n) is 9.76. The SMILES string of the molecule is CC[C@H]1[C@@H](OC(C)=O)[C@@H]2[C@H](CC[C@]3(C)[C@@H]([C@H](C)CC#N)CC[C@@H]23)[C@@]2(C)CC[C@@H](C)C[C@@H]12. The van der Waals surface area contributed by atoms with Crippen LogP contribution in [0.2, 0.25) is 0 Å². The van der Waals surface area contributed by atoms with E-state index in [1.54, 1.807) is 6.92 Å². The molecule has 4 aliphatic rings. The van der Waals surface area contributed by atoms with E-state index >= 15 is 0 Å². The van der Waals surface area contributed by atoms with Gasteiger partial charge in [-0.2, -0.15) is 5.26 Å². The van der Waals surface area contributed by atoms with E-state index in [4.69, 9.17) is 4.74 Å². The largest absolute Gasteiger partial charge is 0.462 e. The molecule has 0 aromatic rings. The number of esters is 1. The summed E-state index contributed by atoms with van der Waals surface area (Å²) < 4.78 is 6.30. The topological polar surface area (TPSA) is 50.1 Å². The fraction of sp³-hybridized carbons (Fsp3) is 0.929. The number of ether oxygens (including phenoxy) is 1. The van der Waals surface area contributed by atoms with E-state index in [0.29, 0.717) is 58.7 Å². The second kappa shape index (κ2) is 8.39. The van der Waals surface area contributed by atoms with E-state index in [1.165, 1.54) is 44.9 Å². The Morgan fingerprint density at radius 3 is 2.42 bits per heavy atom. The number of carbonyl (C=O) groups is 1. The molecule has 0 aromatic heterocycles. The van der Waals surface area contributed by atoms with Gasteiger partial charge in [-0.05, 0) is 97.2 Å². The van der Waals surface area contributed by atoms with Crippen LogP contribution in [0.4, 0.5) is 0 Å². The summed E-state index contributed by atoms with van der Waals surface area (Å²) in [6.07, 6.45) is 11.0. The summed E-state index contributed by atoms with van der Waals surface area (Å²) in [5.41, 5.74) is 0.686. The quantitative estimate of drug-likeness (QED) is 0.453. The van der Waals surface area contributed by atoms with Gasteiger partial charge in [0.15, 0.2) is 0 Å². The number of nitriles is 1. The third-order valence-electron chi connectivity index (χ3n) is 11.1. The van der Waals surface area contributed by atoms with Gasteiger partial charge in [-0.3, -0.25) is 4.79 Å². The van der Waals surface area contributed by atoms with Crippen LogP contribution in [0.1, 0.15) is 99.3 Å². The highest BCUT2D eigenvalue weighted by Crippen LogP contribution is 2.70. The third-order valence-corrected chi connectivity index (χ3v) is 11.1. The first-order valence-electron chi connectivity index (χ1n) is 13.2. The number of rotatable bonds is 4. The van der Waals surface area contributed by atoms with Gasteiger partial charge in [0, 0.05) is 19.3 Å². The maximum Gasteiger partial charge on any atom is 0.302 e. The molecule has 0 aliphatic heterocycles. The molecule has 31 heavy (non-hydrogen) atoms. The summed E-state index contributed by atoms with van der Waals surface area (Å²) in [5, 5.41) is 9.35. The summed E-state index contributed by atoms with van der Waals surface area (Å²) in [4.78, 5) is 12.3. The van der Waals surface area contributed by atoms with Gasteiger partial charge in [0.1, 0.15) is 6.10 Å². The number of nitrogens with zero attached hydrogens (tertiary/aromatic N) is 1. The van der Waals surface area contributed by atoms with Crippen molar-refractivity contribution in [2.24, 2.45) is 58.2 Å². The normalized spacial score (nSPS) is 49.8. The van der Waals surface area contributed by atoms with Crippen LogP contribution in [-0.2, 0) is 9.53 Å². The molecule has 4 aliphatic carbocycles. The molecule has 0 N–H and O–H groups in total. The molecule has 0 heterocycles. The first-order chi connectivity index (χ1) is 14.7. The Balaban J connectivity index is 1.74. The number of hydrogen-bond acceptors (Lipinski definition) is 3. The lowest BCUT2D eigenvalue weighted by Crippen LogP contribution is -2.62. The van der Waals surface area contributed by atoms with Gasteiger partial charge in [-0.15, -0.1) is 0 Å². The smallest absolute Gasteiger partial charge is 0.302 e. The maximum atomic E-state index is 12.3. The predicted octanol–water partition coefficient (Wildman–Crippen LogP) is 7.01. The van der Waals surface area contributed by atoms with E-state index in [0.717, 1.165) is 12.3 Å². The molecular weight excluding hydrogens is 382 g/mol. The summed E-state index contributed by atoms with van der Waals surface area (Å²) in [6.45, 7) is 13.8. The first-order valence-corrected chi connectivity index (χ1v) is 13.2. The molecule has 4 fully saturated rings.